The van der Waals surface area contributed by atoms with Crippen LogP contribution in [0.2, 0.25) is 10.0 Å². The summed E-state index contributed by atoms with van der Waals surface area (Å²) in [6, 6.07) is 11.5. The number of hydrogen-bond donors (Lipinski definition) is 1. The summed E-state index contributed by atoms with van der Waals surface area (Å²) in [6.07, 6.45) is 1.93. The van der Waals surface area contributed by atoms with E-state index in [0.717, 1.165) is 9.37 Å². The first-order valence-electron chi connectivity index (χ1n) is 5.56. The minimum Gasteiger partial charge on any atom is -0.353 e. The van der Waals surface area contributed by atoms with Gasteiger partial charge in [0.05, 0.1) is 27.0 Å². The second-order valence-corrected chi connectivity index (χ2v) is 6.30. The summed E-state index contributed by atoms with van der Waals surface area (Å²) < 4.78 is 0.730. The van der Waals surface area contributed by atoms with Crippen molar-refractivity contribution in [2.75, 3.05) is 11.6 Å². The topological polar surface area (TPSA) is 35.8 Å². The molecule has 2 aromatic rings. The molecule has 0 fully saturated rings. The molecule has 0 amide bonds. The van der Waals surface area contributed by atoms with Gasteiger partial charge in [0, 0.05) is 9.37 Å². The van der Waals surface area contributed by atoms with Crippen molar-refractivity contribution in [1.82, 2.24) is 0 Å². The van der Waals surface area contributed by atoms with Gasteiger partial charge in [0.1, 0.15) is 6.07 Å². The van der Waals surface area contributed by atoms with Gasteiger partial charge in [-0.2, -0.15) is 5.26 Å². The summed E-state index contributed by atoms with van der Waals surface area (Å²) in [5.41, 5.74) is 1.96. The smallest absolute Gasteiger partial charge is 0.103 e. The van der Waals surface area contributed by atoms with Crippen LogP contribution in [-0.2, 0) is 0 Å². The van der Waals surface area contributed by atoms with Gasteiger partial charge in [-0.25, -0.2) is 0 Å². The van der Waals surface area contributed by atoms with E-state index in [4.69, 9.17) is 23.2 Å². The molecule has 0 aliphatic carbocycles. The first-order chi connectivity index (χ1) is 9.58. The van der Waals surface area contributed by atoms with Crippen molar-refractivity contribution in [3.8, 4) is 6.07 Å². The molecule has 0 aliphatic heterocycles. The van der Waals surface area contributed by atoms with Crippen molar-refractivity contribution in [3.05, 3.63) is 50.4 Å². The van der Waals surface area contributed by atoms with Crippen LogP contribution in [0.15, 0.2) is 39.7 Å². The summed E-state index contributed by atoms with van der Waals surface area (Å²) in [5, 5.41) is 13.3. The van der Waals surface area contributed by atoms with E-state index in [1.165, 1.54) is 11.8 Å². The lowest BCUT2D eigenvalue weighted by Gasteiger charge is -2.13. The van der Waals surface area contributed by atoms with E-state index in [0.29, 0.717) is 27.0 Å². The van der Waals surface area contributed by atoms with Crippen LogP contribution < -0.4 is 5.32 Å². The summed E-state index contributed by atoms with van der Waals surface area (Å²) >= 11 is 17.1. The van der Waals surface area contributed by atoms with E-state index in [9.17, 15) is 5.26 Å². The van der Waals surface area contributed by atoms with Gasteiger partial charge >= 0.3 is 0 Å². The minimum absolute atomic E-state index is 0.416. The normalized spacial score (nSPS) is 10.2. The van der Waals surface area contributed by atoms with E-state index in [1.54, 1.807) is 6.07 Å². The fourth-order valence-electron chi connectivity index (χ4n) is 1.69. The monoisotopic (exact) mass is 386 g/mol. The summed E-state index contributed by atoms with van der Waals surface area (Å²) in [6.45, 7) is 0. The molecule has 0 saturated heterocycles. The summed E-state index contributed by atoms with van der Waals surface area (Å²) in [5.74, 6) is 0. The van der Waals surface area contributed by atoms with Crippen molar-refractivity contribution in [3.63, 3.8) is 0 Å². The number of nitriles is 1. The Kier molecular flexibility index (Phi) is 5.22. The Labute approximate surface area is 140 Å². The molecule has 0 aliphatic rings. The fourth-order valence-corrected chi connectivity index (χ4v) is 3.08. The molecule has 6 heteroatoms. The zero-order valence-corrected chi connectivity index (χ0v) is 14.3. The van der Waals surface area contributed by atoms with Gasteiger partial charge in [-0.05, 0) is 46.5 Å². The molecule has 1 N–H and O–H groups in total. The molecular formula is C14H9BrCl2N2S. The van der Waals surface area contributed by atoms with Gasteiger partial charge in [-0.15, -0.1) is 11.8 Å². The molecule has 102 valence electrons. The van der Waals surface area contributed by atoms with E-state index in [2.05, 4.69) is 27.3 Å². The molecule has 0 atom stereocenters. The van der Waals surface area contributed by atoms with Crippen LogP contribution in [0.5, 0.6) is 0 Å². The van der Waals surface area contributed by atoms with Gasteiger partial charge in [-0.1, -0.05) is 29.3 Å². The number of hydrogen-bond acceptors (Lipinski definition) is 3. The molecule has 20 heavy (non-hydrogen) atoms. The second kappa shape index (κ2) is 6.73. The highest BCUT2D eigenvalue weighted by molar-refractivity contribution is 9.10. The molecule has 0 bridgehead atoms. The number of nitrogens with zero attached hydrogens (tertiary/aromatic N) is 1. The fraction of sp³-hybridized carbons (Fsp3) is 0.0714. The average molecular weight is 388 g/mol. The van der Waals surface area contributed by atoms with Crippen LogP contribution in [0.1, 0.15) is 5.56 Å². The lowest BCUT2D eigenvalue weighted by atomic mass is 10.2. The molecule has 0 saturated carbocycles. The van der Waals surface area contributed by atoms with Crippen LogP contribution in [-0.4, -0.2) is 6.26 Å². The zero-order valence-electron chi connectivity index (χ0n) is 10.4. The molecule has 2 rings (SSSR count). The third kappa shape index (κ3) is 3.07. The molecule has 0 unspecified atom stereocenters. The minimum atomic E-state index is 0.416. The standard InChI is InChI=1S/C14H9BrCl2N2S/c1-20-12-4-2-3-10(8(12)7-18)19-11-6-5-9(15)13(16)14(11)17/h2-6,19H,1H3. The van der Waals surface area contributed by atoms with Crippen molar-refractivity contribution >= 4 is 62.3 Å². The third-order valence-electron chi connectivity index (χ3n) is 2.66. The Morgan fingerprint density at radius 2 is 1.90 bits per heavy atom. The number of benzene rings is 2. The quantitative estimate of drug-likeness (QED) is 0.511. The Morgan fingerprint density at radius 3 is 2.55 bits per heavy atom. The van der Waals surface area contributed by atoms with Gasteiger partial charge in [-0.3, -0.25) is 0 Å². The Morgan fingerprint density at radius 1 is 1.15 bits per heavy atom. The van der Waals surface area contributed by atoms with Crippen molar-refractivity contribution in [2.45, 2.75) is 4.90 Å². The molecule has 2 aromatic carbocycles. The van der Waals surface area contributed by atoms with Gasteiger partial charge < -0.3 is 5.32 Å². The lowest BCUT2D eigenvalue weighted by Crippen LogP contribution is -1.96. The number of thioether (sulfide) groups is 1. The molecule has 0 aromatic heterocycles. The molecule has 0 radical (unpaired) electrons. The van der Waals surface area contributed by atoms with Crippen molar-refractivity contribution in [1.29, 1.82) is 5.26 Å². The van der Waals surface area contributed by atoms with E-state index >= 15 is 0 Å². The lowest BCUT2D eigenvalue weighted by molar-refractivity contribution is 1.36. The molecule has 2 nitrogen and oxygen atoms in total. The largest absolute Gasteiger partial charge is 0.353 e. The number of nitrogens with one attached hydrogen (secondary N) is 1. The third-order valence-corrected chi connectivity index (χ3v) is 5.21. The molecular weight excluding hydrogens is 379 g/mol. The summed E-state index contributed by atoms with van der Waals surface area (Å²) in [4.78, 5) is 0.914. The van der Waals surface area contributed by atoms with Crippen LogP contribution in [0.25, 0.3) is 0 Å². The first-order valence-corrected chi connectivity index (χ1v) is 8.33. The first kappa shape index (κ1) is 15.5. The maximum Gasteiger partial charge on any atom is 0.103 e. The number of anilines is 2. The van der Waals surface area contributed by atoms with Crippen molar-refractivity contribution < 1.29 is 0 Å². The predicted octanol–water partition coefficient (Wildman–Crippen LogP) is 6.09. The zero-order chi connectivity index (χ0) is 14.7. The van der Waals surface area contributed by atoms with Crippen molar-refractivity contribution in [2.24, 2.45) is 0 Å². The maximum absolute atomic E-state index is 9.31. The van der Waals surface area contributed by atoms with Gasteiger partial charge in [0.25, 0.3) is 0 Å². The molecule has 0 spiro atoms. The number of rotatable bonds is 3. The Bertz CT molecular complexity index is 698. The highest BCUT2D eigenvalue weighted by atomic mass is 79.9. The van der Waals surface area contributed by atoms with Gasteiger partial charge in [0.15, 0.2) is 0 Å². The van der Waals surface area contributed by atoms with E-state index in [1.807, 2.05) is 30.5 Å². The van der Waals surface area contributed by atoms with Crippen LogP contribution in [0.3, 0.4) is 0 Å². The number of halogens is 3. The van der Waals surface area contributed by atoms with Crippen LogP contribution in [0, 0.1) is 11.3 Å². The Balaban J connectivity index is 2.46. The van der Waals surface area contributed by atoms with E-state index in [-0.39, 0.29) is 0 Å². The SMILES string of the molecule is CSc1cccc(Nc2ccc(Br)c(Cl)c2Cl)c1C#N. The van der Waals surface area contributed by atoms with Gasteiger partial charge in [0.2, 0.25) is 0 Å². The van der Waals surface area contributed by atoms with E-state index < -0.39 is 0 Å². The Hall–Kier alpha value is -0.860. The predicted molar refractivity (Wildman–Crippen MR) is 90.4 cm³/mol. The van der Waals surface area contributed by atoms with Crippen LogP contribution in [0.4, 0.5) is 11.4 Å². The average Bonchev–Trinajstić information content (AvgIpc) is 2.47. The summed E-state index contributed by atoms with van der Waals surface area (Å²) in [7, 11) is 0. The van der Waals surface area contributed by atoms with Crippen LogP contribution >= 0.6 is 50.9 Å². The second-order valence-electron chi connectivity index (χ2n) is 3.84. The highest BCUT2D eigenvalue weighted by Crippen LogP contribution is 2.38. The maximum atomic E-state index is 9.31. The highest BCUT2D eigenvalue weighted by Gasteiger charge is 2.12. The molecule has 0 heterocycles.